The number of hydrogen-bond acceptors (Lipinski definition) is 7. The molecule has 120 valence electrons. The van der Waals surface area contributed by atoms with Crippen LogP contribution in [0.15, 0.2) is 65.8 Å². The third kappa shape index (κ3) is 4.20. The van der Waals surface area contributed by atoms with Gasteiger partial charge in [-0.2, -0.15) is 15.1 Å². The highest BCUT2D eigenvalue weighted by Crippen LogP contribution is 2.21. The molecule has 0 spiro atoms. The van der Waals surface area contributed by atoms with Crippen LogP contribution in [0.5, 0.6) is 11.5 Å². The van der Waals surface area contributed by atoms with Crippen LogP contribution in [-0.2, 0) is 0 Å². The van der Waals surface area contributed by atoms with E-state index in [1.807, 2.05) is 54.6 Å². The van der Waals surface area contributed by atoms with Crippen molar-refractivity contribution in [1.29, 1.82) is 0 Å². The monoisotopic (exact) mass is 320 g/mol. The Hall–Kier alpha value is -3.61. The minimum Gasteiger partial charge on any atom is -0.457 e. The van der Waals surface area contributed by atoms with Gasteiger partial charge in [0.1, 0.15) is 23.1 Å². The van der Waals surface area contributed by atoms with Crippen LogP contribution in [-0.4, -0.2) is 16.2 Å². The van der Waals surface area contributed by atoms with E-state index in [1.54, 1.807) is 6.21 Å². The number of nitrogens with two attached hydrogens (primary N) is 2. The van der Waals surface area contributed by atoms with Crippen molar-refractivity contribution in [3.63, 3.8) is 0 Å². The van der Waals surface area contributed by atoms with Crippen molar-refractivity contribution in [2.24, 2.45) is 5.10 Å². The molecule has 5 N–H and O–H groups in total. The van der Waals surface area contributed by atoms with Gasteiger partial charge in [-0.3, -0.25) is 0 Å². The van der Waals surface area contributed by atoms with Crippen molar-refractivity contribution in [3.05, 3.63) is 66.2 Å². The molecular weight excluding hydrogens is 304 g/mol. The Balaban J connectivity index is 1.68. The number of anilines is 3. The van der Waals surface area contributed by atoms with E-state index in [9.17, 15) is 0 Å². The van der Waals surface area contributed by atoms with Gasteiger partial charge >= 0.3 is 0 Å². The van der Waals surface area contributed by atoms with Crippen molar-refractivity contribution in [2.45, 2.75) is 0 Å². The van der Waals surface area contributed by atoms with E-state index in [0.717, 1.165) is 17.1 Å². The van der Waals surface area contributed by atoms with Crippen LogP contribution in [0.2, 0.25) is 0 Å². The molecule has 0 unspecified atom stereocenters. The van der Waals surface area contributed by atoms with Crippen molar-refractivity contribution in [2.75, 3.05) is 16.9 Å². The van der Waals surface area contributed by atoms with E-state index in [4.69, 9.17) is 16.2 Å². The van der Waals surface area contributed by atoms with E-state index in [2.05, 4.69) is 20.5 Å². The van der Waals surface area contributed by atoms with E-state index in [0.29, 0.717) is 0 Å². The Kier molecular flexibility index (Phi) is 4.52. The van der Waals surface area contributed by atoms with E-state index in [-0.39, 0.29) is 17.6 Å². The topological polar surface area (TPSA) is 111 Å². The fourth-order valence-corrected chi connectivity index (χ4v) is 1.98. The van der Waals surface area contributed by atoms with Gasteiger partial charge in [0.2, 0.25) is 5.95 Å². The molecule has 0 saturated heterocycles. The van der Waals surface area contributed by atoms with Gasteiger partial charge in [0, 0.05) is 6.07 Å². The molecule has 7 heteroatoms. The maximum Gasteiger partial charge on any atom is 0.247 e. The van der Waals surface area contributed by atoms with Crippen LogP contribution in [0, 0.1) is 0 Å². The minimum atomic E-state index is 0.237. The molecule has 0 amide bonds. The number of ether oxygens (including phenoxy) is 1. The summed E-state index contributed by atoms with van der Waals surface area (Å²) in [6.07, 6.45) is 1.63. The lowest BCUT2D eigenvalue weighted by atomic mass is 10.2. The maximum atomic E-state index is 5.78. The van der Waals surface area contributed by atoms with Gasteiger partial charge in [-0.15, -0.1) is 0 Å². The predicted molar refractivity (Wildman–Crippen MR) is 95.0 cm³/mol. The summed E-state index contributed by atoms with van der Waals surface area (Å²) >= 11 is 0. The fourth-order valence-electron chi connectivity index (χ4n) is 1.98. The van der Waals surface area contributed by atoms with E-state index >= 15 is 0 Å². The first kappa shape index (κ1) is 15.3. The summed E-state index contributed by atoms with van der Waals surface area (Å²) in [5.74, 6) is 2.28. The van der Waals surface area contributed by atoms with Gasteiger partial charge in [0.25, 0.3) is 0 Å². The third-order valence-electron chi connectivity index (χ3n) is 2.98. The number of rotatable bonds is 5. The highest BCUT2D eigenvalue weighted by atomic mass is 16.5. The first-order valence-corrected chi connectivity index (χ1v) is 7.21. The summed E-state index contributed by atoms with van der Waals surface area (Å²) in [4.78, 5) is 7.95. The molecule has 3 aromatic rings. The molecule has 0 aliphatic carbocycles. The highest BCUT2D eigenvalue weighted by Gasteiger charge is 1.99. The maximum absolute atomic E-state index is 5.78. The van der Waals surface area contributed by atoms with Crippen molar-refractivity contribution in [3.8, 4) is 11.5 Å². The zero-order valence-corrected chi connectivity index (χ0v) is 12.8. The van der Waals surface area contributed by atoms with Gasteiger partial charge in [0.15, 0.2) is 0 Å². The predicted octanol–water partition coefficient (Wildman–Crippen LogP) is 2.88. The molecule has 0 atom stereocenters. The molecule has 2 aromatic carbocycles. The summed E-state index contributed by atoms with van der Waals surface area (Å²) in [6.45, 7) is 0. The molecule has 0 fully saturated rings. The zero-order valence-electron chi connectivity index (χ0n) is 12.8. The lowest BCUT2D eigenvalue weighted by Crippen LogP contribution is -2.03. The number of para-hydroxylation sites is 1. The molecule has 0 radical (unpaired) electrons. The second-order valence-corrected chi connectivity index (χ2v) is 4.90. The van der Waals surface area contributed by atoms with Crippen molar-refractivity contribution in [1.82, 2.24) is 9.97 Å². The Morgan fingerprint density at radius 2 is 1.58 bits per heavy atom. The van der Waals surface area contributed by atoms with Crippen LogP contribution in [0.3, 0.4) is 0 Å². The summed E-state index contributed by atoms with van der Waals surface area (Å²) in [5.41, 5.74) is 14.7. The first-order chi connectivity index (χ1) is 11.7. The third-order valence-corrected chi connectivity index (χ3v) is 2.98. The van der Waals surface area contributed by atoms with Gasteiger partial charge in [-0.25, -0.2) is 5.43 Å². The van der Waals surface area contributed by atoms with Crippen LogP contribution < -0.4 is 21.6 Å². The normalized spacial score (nSPS) is 10.7. The zero-order chi connectivity index (χ0) is 16.8. The highest BCUT2D eigenvalue weighted by molar-refractivity contribution is 5.80. The summed E-state index contributed by atoms with van der Waals surface area (Å²) in [5, 5.41) is 4.08. The number of benzene rings is 2. The van der Waals surface area contributed by atoms with Crippen LogP contribution in [0.1, 0.15) is 5.56 Å². The number of nitrogen functional groups attached to an aromatic ring is 2. The summed E-state index contributed by atoms with van der Waals surface area (Å²) < 4.78 is 5.78. The number of nitrogens with one attached hydrogen (secondary N) is 1. The molecule has 24 heavy (non-hydrogen) atoms. The van der Waals surface area contributed by atoms with Gasteiger partial charge in [0.05, 0.1) is 6.21 Å². The van der Waals surface area contributed by atoms with Crippen LogP contribution in [0.4, 0.5) is 17.6 Å². The van der Waals surface area contributed by atoms with Gasteiger partial charge in [-0.05, 0) is 29.8 Å². The van der Waals surface area contributed by atoms with E-state index < -0.39 is 0 Å². The molecule has 0 aliphatic heterocycles. The fraction of sp³-hybridized carbons (Fsp3) is 0. The molecule has 3 rings (SSSR count). The molecule has 1 heterocycles. The van der Waals surface area contributed by atoms with Crippen molar-refractivity contribution >= 4 is 23.8 Å². The quantitative estimate of drug-likeness (QED) is 0.492. The largest absolute Gasteiger partial charge is 0.457 e. The van der Waals surface area contributed by atoms with Crippen molar-refractivity contribution < 1.29 is 4.74 Å². The molecule has 1 aromatic heterocycles. The molecular formula is C17H16N6O. The Bertz CT molecular complexity index is 830. The van der Waals surface area contributed by atoms with Crippen LogP contribution in [0.25, 0.3) is 0 Å². The molecule has 0 aliphatic rings. The van der Waals surface area contributed by atoms with Gasteiger partial charge in [-0.1, -0.05) is 30.3 Å². The Morgan fingerprint density at radius 1 is 0.875 bits per heavy atom. The molecule has 0 saturated carbocycles. The summed E-state index contributed by atoms with van der Waals surface area (Å²) in [7, 11) is 0. The Labute approximate surface area is 139 Å². The first-order valence-electron chi connectivity index (χ1n) is 7.21. The number of aromatic nitrogens is 2. The average Bonchev–Trinajstić information content (AvgIpc) is 2.55. The second-order valence-electron chi connectivity index (χ2n) is 4.90. The average molecular weight is 320 g/mol. The summed E-state index contributed by atoms with van der Waals surface area (Å²) in [6, 6.07) is 18.6. The lowest BCUT2D eigenvalue weighted by molar-refractivity contribution is 0.482. The smallest absolute Gasteiger partial charge is 0.247 e. The number of hydrogen-bond donors (Lipinski definition) is 3. The lowest BCUT2D eigenvalue weighted by Gasteiger charge is -2.05. The minimum absolute atomic E-state index is 0.237. The van der Waals surface area contributed by atoms with Crippen LogP contribution >= 0.6 is 0 Å². The second kappa shape index (κ2) is 7.10. The number of hydrazone groups is 1. The van der Waals surface area contributed by atoms with E-state index in [1.165, 1.54) is 6.07 Å². The molecule has 0 bridgehead atoms. The van der Waals surface area contributed by atoms with Gasteiger partial charge < -0.3 is 16.2 Å². The standard InChI is InChI=1S/C17H16N6O/c18-15-10-16(19)22-17(21-15)23-20-11-12-5-4-8-14(9-12)24-13-6-2-1-3-7-13/h1-11H,(H5,18,19,21,22,23)/b20-11-. The SMILES string of the molecule is Nc1cc(N)nc(N/N=C\c2cccc(Oc3ccccc3)c2)n1. The molecule has 7 nitrogen and oxygen atoms in total. The Morgan fingerprint density at radius 3 is 2.33 bits per heavy atom. The number of nitrogens with zero attached hydrogens (tertiary/aromatic N) is 3.